The number of benzene rings is 1. The Morgan fingerprint density at radius 3 is 2.00 bits per heavy atom. The minimum atomic E-state index is -0.867. The Morgan fingerprint density at radius 1 is 0.914 bits per heavy atom. The molecule has 9 heteroatoms. The Labute approximate surface area is 199 Å². The summed E-state index contributed by atoms with van der Waals surface area (Å²) in [7, 11) is 0. The first kappa shape index (κ1) is 24.1. The number of nitrogens with zero attached hydrogens (tertiary/aromatic N) is 5. The van der Waals surface area contributed by atoms with E-state index in [9.17, 15) is 36.0 Å². The molecule has 1 aliphatic heterocycles. The predicted octanol–water partition coefficient (Wildman–Crippen LogP) is 5.08. The van der Waals surface area contributed by atoms with E-state index >= 15 is 0 Å². The molecule has 0 saturated carbocycles. The molecule has 1 aromatic carbocycles. The number of allylic oxidation sites excluding steroid dienone is 4. The Bertz CT molecular complexity index is 1570. The van der Waals surface area contributed by atoms with Crippen LogP contribution in [0.1, 0.15) is 36.5 Å². The molecule has 0 saturated heterocycles. The largest absolute Gasteiger partial charge is 0.422 e. The molecule has 0 amide bonds. The van der Waals surface area contributed by atoms with E-state index in [0.29, 0.717) is 0 Å². The van der Waals surface area contributed by atoms with Crippen LogP contribution in [0.3, 0.4) is 0 Å². The quantitative estimate of drug-likeness (QED) is 0.219. The molecular weight excluding hydrogens is 446 g/mol. The second-order valence-electron chi connectivity index (χ2n) is 7.62. The van der Waals surface area contributed by atoms with Gasteiger partial charge in [0.2, 0.25) is 0 Å². The molecule has 0 radical (unpaired) electrons. The zero-order chi connectivity index (χ0) is 25.7. The van der Waals surface area contributed by atoms with E-state index in [2.05, 4.69) is 0 Å². The summed E-state index contributed by atoms with van der Waals surface area (Å²) in [5, 5.41) is 50.0. The molecule has 1 heterocycles. The maximum absolute atomic E-state index is 13.1. The van der Waals surface area contributed by atoms with Crippen molar-refractivity contribution in [3.8, 4) is 35.6 Å². The van der Waals surface area contributed by atoms with Gasteiger partial charge in [-0.15, -0.1) is 0 Å². The summed E-state index contributed by atoms with van der Waals surface area (Å²) in [6, 6.07) is 18.6. The SMILES string of the molecule is CC(C)c1cccc2oc(=O)c(C(=C(C#N)C#N)C(=C(C#N)C#N)c3ccc([N+](=O)[O-])cc3)c-2c1. The van der Waals surface area contributed by atoms with Gasteiger partial charge in [-0.05, 0) is 41.3 Å². The second kappa shape index (κ2) is 9.96. The smallest absolute Gasteiger partial charge is 0.345 e. The van der Waals surface area contributed by atoms with Gasteiger partial charge in [0.1, 0.15) is 41.2 Å². The lowest BCUT2D eigenvalue weighted by Gasteiger charge is -2.13. The highest BCUT2D eigenvalue weighted by atomic mass is 16.6. The van der Waals surface area contributed by atoms with Crippen LogP contribution in [0, 0.1) is 55.4 Å². The van der Waals surface area contributed by atoms with Gasteiger partial charge in [-0.1, -0.05) is 26.0 Å². The Morgan fingerprint density at radius 2 is 1.49 bits per heavy atom. The minimum Gasteiger partial charge on any atom is -0.422 e. The molecule has 0 spiro atoms. The summed E-state index contributed by atoms with van der Waals surface area (Å²) in [6.45, 7) is 3.88. The Balaban J connectivity index is 2.53. The first-order chi connectivity index (χ1) is 16.8. The number of non-ortho nitro benzene ring substituents is 1. The monoisotopic (exact) mass is 461 g/mol. The third-order valence-corrected chi connectivity index (χ3v) is 5.27. The highest BCUT2D eigenvalue weighted by Crippen LogP contribution is 2.41. The van der Waals surface area contributed by atoms with Crippen LogP contribution in [0.2, 0.25) is 0 Å². The predicted molar refractivity (Wildman–Crippen MR) is 125 cm³/mol. The lowest BCUT2D eigenvalue weighted by Crippen LogP contribution is -2.07. The van der Waals surface area contributed by atoms with Gasteiger partial charge >= 0.3 is 5.63 Å². The molecule has 2 aliphatic rings. The highest BCUT2D eigenvalue weighted by Gasteiger charge is 2.29. The van der Waals surface area contributed by atoms with E-state index in [1.807, 2.05) is 19.9 Å². The summed E-state index contributed by atoms with van der Waals surface area (Å²) in [5.74, 6) is 0.240. The van der Waals surface area contributed by atoms with Gasteiger partial charge in [-0.3, -0.25) is 10.1 Å². The van der Waals surface area contributed by atoms with Crippen molar-refractivity contribution in [3.63, 3.8) is 0 Å². The van der Waals surface area contributed by atoms with Crippen LogP contribution in [-0.2, 0) is 0 Å². The maximum Gasteiger partial charge on any atom is 0.345 e. The fraction of sp³-hybridized carbons (Fsp3) is 0.115. The van der Waals surface area contributed by atoms with Crippen molar-refractivity contribution in [2.45, 2.75) is 19.8 Å². The maximum atomic E-state index is 13.1. The summed E-state index contributed by atoms with van der Waals surface area (Å²) in [6.07, 6.45) is 0. The number of nitro benzene ring substituents is 1. The molecule has 0 fully saturated rings. The third-order valence-electron chi connectivity index (χ3n) is 5.27. The molecule has 0 unspecified atom stereocenters. The van der Waals surface area contributed by atoms with Crippen LogP contribution in [0.15, 0.2) is 68.9 Å². The normalized spacial score (nSPS) is 9.91. The number of nitriles is 4. The fourth-order valence-corrected chi connectivity index (χ4v) is 3.58. The van der Waals surface area contributed by atoms with Gasteiger partial charge < -0.3 is 4.42 Å². The van der Waals surface area contributed by atoms with Crippen LogP contribution in [0.5, 0.6) is 0 Å². The molecule has 0 bridgehead atoms. The van der Waals surface area contributed by atoms with Crippen molar-refractivity contribution in [1.82, 2.24) is 0 Å². The molecule has 9 nitrogen and oxygen atoms in total. The van der Waals surface area contributed by atoms with Gasteiger partial charge in [-0.2, -0.15) is 21.0 Å². The van der Waals surface area contributed by atoms with Crippen molar-refractivity contribution < 1.29 is 9.34 Å². The van der Waals surface area contributed by atoms with Gasteiger partial charge in [0.05, 0.1) is 10.5 Å². The zero-order valence-electron chi connectivity index (χ0n) is 18.6. The number of fused-ring (bicyclic) bond motifs is 1. The van der Waals surface area contributed by atoms with E-state index in [-0.39, 0.29) is 45.2 Å². The number of hydrogen-bond acceptors (Lipinski definition) is 8. The van der Waals surface area contributed by atoms with Gasteiger partial charge in [0.15, 0.2) is 0 Å². The van der Waals surface area contributed by atoms with Crippen LogP contribution in [0.25, 0.3) is 22.5 Å². The summed E-state index contributed by atoms with van der Waals surface area (Å²) < 4.78 is 5.41. The second-order valence-corrected chi connectivity index (χ2v) is 7.62. The van der Waals surface area contributed by atoms with E-state index in [0.717, 1.165) is 17.7 Å². The summed E-state index contributed by atoms with van der Waals surface area (Å²) in [5.41, 5.74) is -1.48. The zero-order valence-corrected chi connectivity index (χ0v) is 18.6. The fourth-order valence-electron chi connectivity index (χ4n) is 3.58. The van der Waals surface area contributed by atoms with Crippen LogP contribution < -0.4 is 5.63 Å². The molecular formula is C26H15N5O4. The molecule has 0 N–H and O–H groups in total. The van der Waals surface area contributed by atoms with Crippen LogP contribution >= 0.6 is 0 Å². The van der Waals surface area contributed by atoms with Crippen LogP contribution in [0.4, 0.5) is 5.69 Å². The molecule has 0 atom stereocenters. The number of nitro groups is 1. The Kier molecular flexibility index (Phi) is 6.87. The standard InChI is InChI=1S/C26H15N5O4/c1-15(2)17-4-3-5-22-21(10-17)25(26(32)35-22)24(19(13-29)14-30)23(18(11-27)12-28)16-6-8-20(9-7-16)31(33)34/h3-10,15H,1-2H3. The average Bonchev–Trinajstić information content (AvgIpc) is 3.00. The van der Waals surface area contributed by atoms with Gasteiger partial charge in [0.25, 0.3) is 5.69 Å². The van der Waals surface area contributed by atoms with Crippen LogP contribution in [-0.4, -0.2) is 4.92 Å². The van der Waals surface area contributed by atoms with Gasteiger partial charge in [0, 0.05) is 28.8 Å². The lowest BCUT2D eigenvalue weighted by molar-refractivity contribution is -0.384. The molecule has 1 aliphatic carbocycles. The third kappa shape index (κ3) is 4.52. The van der Waals surface area contributed by atoms with Crippen molar-refractivity contribution >= 4 is 16.8 Å². The van der Waals surface area contributed by atoms with E-state index in [4.69, 9.17) is 4.42 Å². The molecule has 3 rings (SSSR count). The lowest BCUT2D eigenvalue weighted by atomic mass is 9.85. The number of rotatable bonds is 5. The molecule has 0 aromatic heterocycles. The van der Waals surface area contributed by atoms with E-state index in [1.54, 1.807) is 42.5 Å². The van der Waals surface area contributed by atoms with Crippen molar-refractivity contribution in [2.75, 3.05) is 0 Å². The summed E-state index contributed by atoms with van der Waals surface area (Å²) in [4.78, 5) is 23.6. The first-order valence-electron chi connectivity index (χ1n) is 10.2. The Hall–Kier alpha value is -5.51. The minimum absolute atomic E-state index is 0.0562. The summed E-state index contributed by atoms with van der Waals surface area (Å²) >= 11 is 0. The average molecular weight is 461 g/mol. The topological polar surface area (TPSA) is 169 Å². The van der Waals surface area contributed by atoms with E-state index in [1.165, 1.54) is 12.1 Å². The molecule has 1 aromatic rings. The molecule has 35 heavy (non-hydrogen) atoms. The van der Waals surface area contributed by atoms with E-state index < -0.39 is 21.7 Å². The molecule has 168 valence electrons. The van der Waals surface area contributed by atoms with Crippen molar-refractivity contribution in [1.29, 1.82) is 21.0 Å². The number of furan rings is 1. The van der Waals surface area contributed by atoms with Crippen molar-refractivity contribution in [3.05, 3.63) is 96.9 Å². The first-order valence-corrected chi connectivity index (χ1v) is 10.2. The van der Waals surface area contributed by atoms with Gasteiger partial charge in [-0.25, -0.2) is 4.79 Å². The highest BCUT2D eigenvalue weighted by molar-refractivity contribution is 6.13. The van der Waals surface area contributed by atoms with Crippen molar-refractivity contribution in [2.24, 2.45) is 0 Å². The number of hydrogen-bond donors (Lipinski definition) is 0.